The van der Waals surface area contributed by atoms with E-state index in [0.29, 0.717) is 25.0 Å². The van der Waals surface area contributed by atoms with Gasteiger partial charge >= 0.3 is 0 Å². The largest absolute Gasteiger partial charge is 0.289 e. The van der Waals surface area contributed by atoms with E-state index >= 15 is 0 Å². The molecular weight excluding hydrogens is 497 g/mol. The van der Waals surface area contributed by atoms with E-state index in [1.54, 1.807) is 0 Å². The molecule has 0 aliphatic heterocycles. The lowest BCUT2D eigenvalue weighted by molar-refractivity contribution is 0.766. The second-order valence-corrected chi connectivity index (χ2v) is 7.63. The van der Waals surface area contributed by atoms with Crippen molar-refractivity contribution >= 4 is 55.4 Å². The number of halogens is 3. The van der Waals surface area contributed by atoms with Crippen LogP contribution >= 0.6 is 43.5 Å². The Morgan fingerprint density at radius 2 is 1.07 bits per heavy atom. The molecule has 0 radical (unpaired) electrons. The highest BCUT2D eigenvalue weighted by Gasteiger charge is 2.04. The molecule has 0 aliphatic rings. The first-order valence-electron chi connectivity index (χ1n) is 7.97. The Morgan fingerprint density at radius 1 is 0.667 bits per heavy atom. The van der Waals surface area contributed by atoms with Crippen molar-refractivity contribution in [3.63, 3.8) is 0 Å². The third kappa shape index (κ3) is 6.71. The Balaban J connectivity index is 1.50. The van der Waals surface area contributed by atoms with Gasteiger partial charge in [0.1, 0.15) is 0 Å². The number of aromatic nitrogens is 3. The van der Waals surface area contributed by atoms with E-state index in [9.17, 15) is 0 Å². The molecule has 3 aromatic rings. The van der Waals surface area contributed by atoms with Crippen LogP contribution in [0.3, 0.4) is 0 Å². The summed E-state index contributed by atoms with van der Waals surface area (Å²) in [6.45, 7) is 1.20. The number of hydrogen-bond acceptors (Lipinski definition) is 7. The molecule has 1 heterocycles. The molecule has 0 fully saturated rings. The lowest BCUT2D eigenvalue weighted by atomic mass is 10.2. The predicted octanol–water partition coefficient (Wildman–Crippen LogP) is 4.28. The fraction of sp³-hybridized carbons (Fsp3) is 0.118. The average Bonchev–Trinajstić information content (AvgIpc) is 2.65. The number of anilines is 2. The van der Waals surface area contributed by atoms with Crippen molar-refractivity contribution in [2.24, 2.45) is 0 Å². The third-order valence-corrected chi connectivity index (χ3v) is 4.65. The quantitative estimate of drug-likeness (QED) is 0.335. The molecule has 140 valence electrons. The van der Waals surface area contributed by atoms with Gasteiger partial charge in [-0.25, -0.2) is 10.9 Å². The van der Waals surface area contributed by atoms with Gasteiger partial charge in [-0.1, -0.05) is 56.1 Å². The molecule has 0 saturated heterocycles. The summed E-state index contributed by atoms with van der Waals surface area (Å²) >= 11 is 12.8. The molecule has 0 unspecified atom stereocenters. The molecule has 0 spiro atoms. The molecule has 1 aromatic heterocycles. The highest BCUT2D eigenvalue weighted by Crippen LogP contribution is 2.12. The van der Waals surface area contributed by atoms with Crippen molar-refractivity contribution in [3.05, 3.63) is 73.9 Å². The van der Waals surface area contributed by atoms with Gasteiger partial charge in [0.25, 0.3) is 0 Å². The summed E-state index contributed by atoms with van der Waals surface area (Å²) < 4.78 is 2.07. The van der Waals surface area contributed by atoms with E-state index in [1.807, 2.05) is 48.5 Å². The van der Waals surface area contributed by atoms with Crippen LogP contribution in [0.2, 0.25) is 5.28 Å². The molecule has 0 bridgehead atoms. The van der Waals surface area contributed by atoms with Gasteiger partial charge < -0.3 is 0 Å². The van der Waals surface area contributed by atoms with Gasteiger partial charge in [0.05, 0.1) is 0 Å². The van der Waals surface area contributed by atoms with Crippen molar-refractivity contribution in [1.82, 2.24) is 25.8 Å². The summed E-state index contributed by atoms with van der Waals surface area (Å²) in [6, 6.07) is 16.0. The first-order chi connectivity index (χ1) is 13.1. The number of nitrogens with one attached hydrogen (secondary N) is 4. The molecule has 3 rings (SSSR count). The summed E-state index contributed by atoms with van der Waals surface area (Å²) in [5, 5.41) is 0.0888. The summed E-state index contributed by atoms with van der Waals surface area (Å²) in [6.07, 6.45) is 0. The smallest absolute Gasteiger partial charge is 0.243 e. The van der Waals surface area contributed by atoms with Gasteiger partial charge in [-0.15, -0.1) is 0 Å². The molecule has 0 atom stereocenters. The summed E-state index contributed by atoms with van der Waals surface area (Å²) in [5.74, 6) is 0.639. The van der Waals surface area contributed by atoms with Crippen molar-refractivity contribution in [2.75, 3.05) is 10.9 Å². The Morgan fingerprint density at radius 3 is 1.48 bits per heavy atom. The lowest BCUT2D eigenvalue weighted by Crippen LogP contribution is -2.25. The van der Waals surface area contributed by atoms with Gasteiger partial charge in [0.15, 0.2) is 0 Å². The highest BCUT2D eigenvalue weighted by atomic mass is 79.9. The molecular formula is C17H16Br2ClN7. The minimum atomic E-state index is 0.0888. The number of hydrogen-bond donors (Lipinski definition) is 4. The van der Waals surface area contributed by atoms with E-state index in [0.717, 1.165) is 20.1 Å². The van der Waals surface area contributed by atoms with E-state index in [1.165, 1.54) is 0 Å². The molecule has 0 saturated carbocycles. The van der Waals surface area contributed by atoms with Crippen LogP contribution in [0.1, 0.15) is 11.1 Å². The Bertz CT molecular complexity index is 806. The maximum absolute atomic E-state index is 5.97. The zero-order valence-electron chi connectivity index (χ0n) is 14.0. The van der Waals surface area contributed by atoms with E-state index in [4.69, 9.17) is 11.6 Å². The molecule has 0 aliphatic carbocycles. The summed E-state index contributed by atoms with van der Waals surface area (Å²) in [5.41, 5.74) is 14.2. The first kappa shape index (κ1) is 20.0. The standard InChI is InChI=1S/C17H16Br2ClN7/c18-13-5-1-11(2-6-13)9-21-26-16-23-15(20)24-17(25-16)27-22-10-12-3-7-14(19)8-4-12/h1-8,21-22H,9-10H2,(H2,23,24,25,26,27). The van der Waals surface area contributed by atoms with Crippen LogP contribution in [-0.2, 0) is 13.1 Å². The van der Waals surface area contributed by atoms with Gasteiger partial charge in [-0.2, -0.15) is 15.0 Å². The SMILES string of the molecule is Clc1nc(NNCc2ccc(Br)cc2)nc(NNCc2ccc(Br)cc2)n1. The summed E-state index contributed by atoms with van der Waals surface area (Å²) in [7, 11) is 0. The fourth-order valence-electron chi connectivity index (χ4n) is 2.12. The highest BCUT2D eigenvalue weighted by molar-refractivity contribution is 9.10. The van der Waals surface area contributed by atoms with E-state index < -0.39 is 0 Å². The maximum Gasteiger partial charge on any atom is 0.243 e. The van der Waals surface area contributed by atoms with E-state index in [-0.39, 0.29) is 5.28 Å². The van der Waals surface area contributed by atoms with Gasteiger partial charge in [-0.3, -0.25) is 10.9 Å². The minimum Gasteiger partial charge on any atom is -0.289 e. The topological polar surface area (TPSA) is 86.8 Å². The fourth-order valence-corrected chi connectivity index (χ4v) is 2.81. The minimum absolute atomic E-state index is 0.0888. The number of rotatable bonds is 8. The van der Waals surface area contributed by atoms with Crippen molar-refractivity contribution in [3.8, 4) is 0 Å². The summed E-state index contributed by atoms with van der Waals surface area (Å²) in [4.78, 5) is 12.3. The second-order valence-electron chi connectivity index (χ2n) is 5.46. The molecule has 0 amide bonds. The van der Waals surface area contributed by atoms with Gasteiger partial charge in [0.2, 0.25) is 17.2 Å². The predicted molar refractivity (Wildman–Crippen MR) is 114 cm³/mol. The van der Waals surface area contributed by atoms with E-state index in [2.05, 4.69) is 68.5 Å². The van der Waals surface area contributed by atoms with Gasteiger partial charge in [0, 0.05) is 22.0 Å². The van der Waals surface area contributed by atoms with Crippen LogP contribution in [-0.4, -0.2) is 15.0 Å². The lowest BCUT2D eigenvalue weighted by Gasteiger charge is -2.10. The van der Waals surface area contributed by atoms with Crippen LogP contribution < -0.4 is 21.7 Å². The van der Waals surface area contributed by atoms with Gasteiger partial charge in [-0.05, 0) is 47.0 Å². The van der Waals surface area contributed by atoms with Crippen LogP contribution in [0.25, 0.3) is 0 Å². The number of benzene rings is 2. The van der Waals surface area contributed by atoms with Crippen LogP contribution in [0.15, 0.2) is 57.5 Å². The second kappa shape index (κ2) is 9.95. The third-order valence-electron chi connectivity index (χ3n) is 3.42. The van der Waals surface area contributed by atoms with Crippen LogP contribution in [0, 0.1) is 0 Å². The first-order valence-corrected chi connectivity index (χ1v) is 9.93. The molecule has 2 aromatic carbocycles. The Kier molecular flexibility index (Phi) is 7.36. The maximum atomic E-state index is 5.97. The normalized spacial score (nSPS) is 10.6. The Hall–Kier alpha value is -1.78. The van der Waals surface area contributed by atoms with Crippen molar-refractivity contribution < 1.29 is 0 Å². The zero-order chi connectivity index (χ0) is 19.1. The average molecular weight is 514 g/mol. The number of nitrogens with zero attached hydrogens (tertiary/aromatic N) is 3. The van der Waals surface area contributed by atoms with Crippen LogP contribution in [0.4, 0.5) is 11.9 Å². The number of hydrazine groups is 2. The van der Waals surface area contributed by atoms with Crippen LogP contribution in [0.5, 0.6) is 0 Å². The van der Waals surface area contributed by atoms with Crippen molar-refractivity contribution in [1.29, 1.82) is 0 Å². The monoisotopic (exact) mass is 511 g/mol. The molecule has 27 heavy (non-hydrogen) atoms. The molecule has 7 nitrogen and oxygen atoms in total. The molecule has 10 heteroatoms. The Labute approximate surface area is 178 Å². The molecule has 4 N–H and O–H groups in total. The van der Waals surface area contributed by atoms with Crippen molar-refractivity contribution in [2.45, 2.75) is 13.1 Å². The zero-order valence-corrected chi connectivity index (χ0v) is 17.9.